The molecule has 0 spiro atoms. The second-order valence-corrected chi connectivity index (χ2v) is 10.4. The molecule has 4 rings (SSSR count). The standard InChI is InChI=1S/C24H31N3O7S/c1-33-19-10-6-5-9-18(19)26-11-13-27(14-12-26)22(28)15-20-23(29)24(30)21(34-20)16-25-35(31,32)17-7-3-2-4-8-17/h2-10,20-21,23-25,29-30H,11-16H2,1H3/t20-,21+,23-,24+/m0/s1. The first-order valence-corrected chi connectivity index (χ1v) is 13.0. The van der Waals surface area contributed by atoms with Crippen LogP contribution >= 0.6 is 0 Å². The number of nitrogens with one attached hydrogen (secondary N) is 1. The van der Waals surface area contributed by atoms with E-state index in [1.165, 1.54) is 12.1 Å². The summed E-state index contributed by atoms with van der Waals surface area (Å²) in [6, 6.07) is 15.6. The number of benzene rings is 2. The van der Waals surface area contributed by atoms with E-state index in [9.17, 15) is 23.4 Å². The van der Waals surface area contributed by atoms with Gasteiger partial charge in [-0.1, -0.05) is 30.3 Å². The van der Waals surface area contributed by atoms with Crippen LogP contribution in [0.15, 0.2) is 59.5 Å². The van der Waals surface area contributed by atoms with Crippen molar-refractivity contribution in [2.75, 3.05) is 44.7 Å². The summed E-state index contributed by atoms with van der Waals surface area (Å²) in [7, 11) is -2.17. The van der Waals surface area contributed by atoms with Gasteiger partial charge in [-0.05, 0) is 24.3 Å². The van der Waals surface area contributed by atoms with Crippen LogP contribution in [0.1, 0.15) is 6.42 Å². The molecule has 2 heterocycles. The predicted octanol–water partition coefficient (Wildman–Crippen LogP) is 0.202. The number of para-hydroxylation sites is 2. The number of carbonyl (C=O) groups excluding carboxylic acids is 1. The number of aliphatic hydroxyl groups is 2. The number of methoxy groups -OCH3 is 1. The average Bonchev–Trinajstić information content (AvgIpc) is 3.16. The third-order valence-electron chi connectivity index (χ3n) is 6.42. The molecular formula is C24H31N3O7S. The van der Waals surface area contributed by atoms with E-state index in [0.717, 1.165) is 11.4 Å². The number of carbonyl (C=O) groups is 1. The number of piperazine rings is 1. The van der Waals surface area contributed by atoms with Crippen molar-refractivity contribution in [2.24, 2.45) is 0 Å². The fourth-order valence-corrected chi connectivity index (χ4v) is 5.49. The van der Waals surface area contributed by atoms with Crippen LogP contribution < -0.4 is 14.4 Å². The van der Waals surface area contributed by atoms with Crippen molar-refractivity contribution in [1.29, 1.82) is 0 Å². The van der Waals surface area contributed by atoms with Crippen LogP contribution in [-0.4, -0.2) is 93.7 Å². The Kier molecular flexibility index (Phi) is 7.92. The van der Waals surface area contributed by atoms with Gasteiger partial charge in [0, 0.05) is 32.7 Å². The molecule has 3 N–H and O–H groups in total. The molecule has 2 aromatic carbocycles. The fraction of sp³-hybridized carbons (Fsp3) is 0.458. The van der Waals surface area contributed by atoms with Crippen molar-refractivity contribution < 1.29 is 32.9 Å². The molecular weight excluding hydrogens is 474 g/mol. The Morgan fingerprint density at radius 1 is 1.00 bits per heavy atom. The molecule has 2 aliphatic heterocycles. The van der Waals surface area contributed by atoms with E-state index < -0.39 is 34.4 Å². The summed E-state index contributed by atoms with van der Waals surface area (Å²) in [5.41, 5.74) is 0.973. The number of anilines is 1. The lowest BCUT2D eigenvalue weighted by Gasteiger charge is -2.37. The molecule has 2 aliphatic rings. The lowest BCUT2D eigenvalue weighted by molar-refractivity contribution is -0.135. The normalized spacial score (nSPS) is 25.0. The zero-order chi connectivity index (χ0) is 25.0. The molecule has 0 unspecified atom stereocenters. The number of nitrogens with zero attached hydrogens (tertiary/aromatic N) is 2. The number of ether oxygens (including phenoxy) is 2. The first kappa shape index (κ1) is 25.4. The largest absolute Gasteiger partial charge is 0.495 e. The molecule has 2 saturated heterocycles. The van der Waals surface area contributed by atoms with Crippen LogP contribution in [0.2, 0.25) is 0 Å². The van der Waals surface area contributed by atoms with Crippen molar-refractivity contribution >= 4 is 21.6 Å². The number of amides is 1. The maximum atomic E-state index is 12.9. The van der Waals surface area contributed by atoms with Crippen LogP contribution in [0, 0.1) is 0 Å². The highest BCUT2D eigenvalue weighted by Crippen LogP contribution is 2.29. The number of rotatable bonds is 8. The fourth-order valence-electron chi connectivity index (χ4n) is 4.43. The summed E-state index contributed by atoms with van der Waals surface area (Å²) < 4.78 is 38.4. The van der Waals surface area contributed by atoms with Crippen LogP contribution in [0.4, 0.5) is 5.69 Å². The second kappa shape index (κ2) is 10.9. The SMILES string of the molecule is COc1ccccc1N1CCN(C(=O)C[C@@H]2O[C@H](CNS(=O)(=O)c3ccccc3)[C@@H](O)[C@H]2O)CC1. The highest BCUT2D eigenvalue weighted by molar-refractivity contribution is 7.89. The summed E-state index contributed by atoms with van der Waals surface area (Å²) in [6.07, 6.45) is -4.59. The highest BCUT2D eigenvalue weighted by Gasteiger charge is 2.44. The summed E-state index contributed by atoms with van der Waals surface area (Å²) >= 11 is 0. The third-order valence-corrected chi connectivity index (χ3v) is 7.86. The lowest BCUT2D eigenvalue weighted by Crippen LogP contribution is -2.50. The van der Waals surface area contributed by atoms with Gasteiger partial charge in [-0.3, -0.25) is 4.79 Å². The monoisotopic (exact) mass is 505 g/mol. The Labute approximate surface area is 205 Å². The third kappa shape index (κ3) is 5.76. The maximum Gasteiger partial charge on any atom is 0.240 e. The molecule has 2 fully saturated rings. The Morgan fingerprint density at radius 2 is 1.63 bits per heavy atom. The van der Waals surface area contributed by atoms with E-state index in [-0.39, 0.29) is 23.8 Å². The van der Waals surface area contributed by atoms with E-state index in [0.29, 0.717) is 26.2 Å². The van der Waals surface area contributed by atoms with Crippen molar-refractivity contribution in [3.05, 3.63) is 54.6 Å². The predicted molar refractivity (Wildman–Crippen MR) is 129 cm³/mol. The molecule has 0 bridgehead atoms. The minimum atomic E-state index is -3.79. The van der Waals surface area contributed by atoms with Gasteiger partial charge in [-0.25, -0.2) is 13.1 Å². The van der Waals surface area contributed by atoms with Gasteiger partial charge in [-0.15, -0.1) is 0 Å². The number of hydrogen-bond acceptors (Lipinski definition) is 8. The van der Waals surface area contributed by atoms with Crippen molar-refractivity contribution in [1.82, 2.24) is 9.62 Å². The highest BCUT2D eigenvalue weighted by atomic mass is 32.2. The average molecular weight is 506 g/mol. The Morgan fingerprint density at radius 3 is 2.31 bits per heavy atom. The van der Waals surface area contributed by atoms with E-state index in [2.05, 4.69) is 9.62 Å². The van der Waals surface area contributed by atoms with Crippen LogP contribution in [0.3, 0.4) is 0 Å². The first-order chi connectivity index (χ1) is 16.8. The van der Waals surface area contributed by atoms with Gasteiger partial charge >= 0.3 is 0 Å². The minimum Gasteiger partial charge on any atom is -0.495 e. The first-order valence-electron chi connectivity index (χ1n) is 11.5. The summed E-state index contributed by atoms with van der Waals surface area (Å²) in [5.74, 6) is 0.587. The number of sulfonamides is 1. The van der Waals surface area contributed by atoms with Gasteiger partial charge in [0.2, 0.25) is 15.9 Å². The zero-order valence-corrected chi connectivity index (χ0v) is 20.3. The van der Waals surface area contributed by atoms with Crippen LogP contribution in [0.25, 0.3) is 0 Å². The summed E-state index contributed by atoms with van der Waals surface area (Å²) in [6.45, 7) is 2.04. The molecule has 4 atom stereocenters. The Balaban J connectivity index is 1.29. The number of hydrogen-bond donors (Lipinski definition) is 3. The molecule has 1 amide bonds. The van der Waals surface area contributed by atoms with Crippen LogP contribution in [0.5, 0.6) is 5.75 Å². The van der Waals surface area contributed by atoms with Gasteiger partial charge in [0.25, 0.3) is 0 Å². The van der Waals surface area contributed by atoms with Gasteiger partial charge in [0.05, 0.1) is 30.2 Å². The van der Waals surface area contributed by atoms with Crippen LogP contribution in [-0.2, 0) is 19.6 Å². The molecule has 10 nitrogen and oxygen atoms in total. The summed E-state index contributed by atoms with van der Waals surface area (Å²) in [5, 5.41) is 20.8. The van der Waals surface area contributed by atoms with Crippen molar-refractivity contribution in [3.8, 4) is 5.75 Å². The molecule has 0 aromatic heterocycles. The Bertz CT molecular complexity index is 1110. The van der Waals surface area contributed by atoms with Gasteiger partial charge in [0.1, 0.15) is 24.1 Å². The van der Waals surface area contributed by atoms with Gasteiger partial charge < -0.3 is 29.5 Å². The molecule has 2 aromatic rings. The van der Waals surface area contributed by atoms with E-state index in [1.54, 1.807) is 30.2 Å². The molecule has 0 radical (unpaired) electrons. The maximum absolute atomic E-state index is 12.9. The van der Waals surface area contributed by atoms with E-state index in [1.807, 2.05) is 24.3 Å². The molecule has 11 heteroatoms. The van der Waals surface area contributed by atoms with Crippen molar-refractivity contribution in [2.45, 2.75) is 35.7 Å². The smallest absolute Gasteiger partial charge is 0.240 e. The molecule has 0 aliphatic carbocycles. The van der Waals surface area contributed by atoms with E-state index >= 15 is 0 Å². The van der Waals surface area contributed by atoms with Gasteiger partial charge in [-0.2, -0.15) is 0 Å². The van der Waals surface area contributed by atoms with E-state index in [4.69, 9.17) is 9.47 Å². The quantitative estimate of drug-likeness (QED) is 0.464. The molecule has 0 saturated carbocycles. The topological polar surface area (TPSA) is 129 Å². The molecule has 35 heavy (non-hydrogen) atoms. The number of aliphatic hydroxyl groups excluding tert-OH is 2. The minimum absolute atomic E-state index is 0.0898. The second-order valence-electron chi connectivity index (χ2n) is 8.60. The Hall–Kier alpha value is -2.70. The zero-order valence-electron chi connectivity index (χ0n) is 19.5. The lowest BCUT2D eigenvalue weighted by atomic mass is 10.0. The van der Waals surface area contributed by atoms with Crippen molar-refractivity contribution in [3.63, 3.8) is 0 Å². The van der Waals surface area contributed by atoms with Gasteiger partial charge in [0.15, 0.2) is 0 Å². The summed E-state index contributed by atoms with van der Waals surface area (Å²) in [4.78, 5) is 16.8. The molecule has 190 valence electrons.